The maximum Gasteiger partial charge on any atom is 0.325 e. The number of likely N-dealkylation sites (N-methyl/N-ethyl adjacent to an activating group) is 1. The fourth-order valence-corrected chi connectivity index (χ4v) is 1.59. The number of halogens is 1. The summed E-state index contributed by atoms with van der Waals surface area (Å²) < 4.78 is 4.90. The molecule has 0 spiro atoms. The van der Waals surface area contributed by atoms with Gasteiger partial charge in [-0.3, -0.25) is 9.78 Å². The average molecular weight is 243 g/mol. The standard InChI is InChI=1S/C11H15ClN2O2/c1-3-14(8-11(15)16-4-2)10-5-6-13-7-9(10)12/h5-7H,3-4,8H2,1-2H3. The van der Waals surface area contributed by atoms with E-state index >= 15 is 0 Å². The lowest BCUT2D eigenvalue weighted by molar-refractivity contribution is -0.141. The Hall–Kier alpha value is -1.29. The van der Waals surface area contributed by atoms with Crippen LogP contribution in [-0.4, -0.2) is 30.6 Å². The van der Waals surface area contributed by atoms with Gasteiger partial charge in [0.25, 0.3) is 0 Å². The quantitative estimate of drug-likeness (QED) is 0.742. The topological polar surface area (TPSA) is 42.4 Å². The minimum absolute atomic E-state index is 0.202. The lowest BCUT2D eigenvalue weighted by Gasteiger charge is -2.22. The fourth-order valence-electron chi connectivity index (χ4n) is 1.35. The summed E-state index contributed by atoms with van der Waals surface area (Å²) in [6, 6.07) is 1.78. The molecule has 0 bridgehead atoms. The number of carbonyl (C=O) groups excluding carboxylic acids is 1. The maximum absolute atomic E-state index is 11.4. The predicted octanol–water partition coefficient (Wildman–Crippen LogP) is 2.12. The molecule has 0 saturated heterocycles. The van der Waals surface area contributed by atoms with Crippen LogP contribution in [0.2, 0.25) is 5.02 Å². The maximum atomic E-state index is 11.4. The third-order valence-electron chi connectivity index (χ3n) is 2.10. The van der Waals surface area contributed by atoms with E-state index in [1.807, 2.05) is 11.8 Å². The van der Waals surface area contributed by atoms with Crippen LogP contribution in [0.4, 0.5) is 5.69 Å². The second-order valence-corrected chi connectivity index (χ2v) is 3.55. The Bertz CT molecular complexity index is 358. The number of rotatable bonds is 5. The average Bonchev–Trinajstić information content (AvgIpc) is 2.27. The van der Waals surface area contributed by atoms with Crippen molar-refractivity contribution in [3.05, 3.63) is 23.5 Å². The zero-order chi connectivity index (χ0) is 12.0. The number of anilines is 1. The largest absolute Gasteiger partial charge is 0.465 e. The van der Waals surface area contributed by atoms with Gasteiger partial charge in [0.1, 0.15) is 6.54 Å². The number of esters is 1. The highest BCUT2D eigenvalue weighted by atomic mass is 35.5. The van der Waals surface area contributed by atoms with Crippen molar-refractivity contribution in [2.75, 3.05) is 24.6 Å². The normalized spacial score (nSPS) is 9.94. The van der Waals surface area contributed by atoms with Crippen molar-refractivity contribution >= 4 is 23.3 Å². The summed E-state index contributed by atoms with van der Waals surface area (Å²) in [6.45, 7) is 5.01. The molecule has 0 aromatic carbocycles. The molecule has 0 N–H and O–H groups in total. The Balaban J connectivity index is 2.75. The molecule has 1 heterocycles. The molecule has 1 aromatic heterocycles. The molecule has 0 aliphatic carbocycles. The van der Waals surface area contributed by atoms with Crippen molar-refractivity contribution in [1.29, 1.82) is 0 Å². The van der Waals surface area contributed by atoms with Gasteiger partial charge in [0, 0.05) is 18.9 Å². The van der Waals surface area contributed by atoms with E-state index in [2.05, 4.69) is 4.98 Å². The smallest absolute Gasteiger partial charge is 0.325 e. The van der Waals surface area contributed by atoms with Gasteiger partial charge in [0.15, 0.2) is 0 Å². The van der Waals surface area contributed by atoms with Crippen LogP contribution in [0.1, 0.15) is 13.8 Å². The Morgan fingerprint density at radius 2 is 2.31 bits per heavy atom. The van der Waals surface area contributed by atoms with Gasteiger partial charge >= 0.3 is 5.97 Å². The van der Waals surface area contributed by atoms with Gasteiger partial charge in [-0.25, -0.2) is 0 Å². The third kappa shape index (κ3) is 3.38. The number of nitrogens with zero attached hydrogens (tertiary/aromatic N) is 2. The number of pyridine rings is 1. The van der Waals surface area contributed by atoms with Gasteiger partial charge in [0.2, 0.25) is 0 Å². The van der Waals surface area contributed by atoms with Gasteiger partial charge in [0.05, 0.1) is 17.3 Å². The Kier molecular flexibility index (Phi) is 5.05. The molecule has 1 aromatic rings. The molecular formula is C11H15ClN2O2. The number of ether oxygens (including phenoxy) is 1. The molecule has 0 aliphatic rings. The second-order valence-electron chi connectivity index (χ2n) is 3.15. The Labute approximate surface area is 100 Å². The van der Waals surface area contributed by atoms with E-state index in [1.54, 1.807) is 25.4 Å². The van der Waals surface area contributed by atoms with Crippen LogP contribution >= 0.6 is 11.6 Å². The molecule has 5 heteroatoms. The van der Waals surface area contributed by atoms with Crippen LogP contribution in [0.3, 0.4) is 0 Å². The Morgan fingerprint density at radius 3 is 2.88 bits per heavy atom. The van der Waals surface area contributed by atoms with Crippen LogP contribution in [0.25, 0.3) is 0 Å². The summed E-state index contributed by atoms with van der Waals surface area (Å²) in [5, 5.41) is 0.536. The predicted molar refractivity (Wildman–Crippen MR) is 63.8 cm³/mol. The second kappa shape index (κ2) is 6.33. The monoisotopic (exact) mass is 242 g/mol. The first-order chi connectivity index (χ1) is 7.69. The first-order valence-corrected chi connectivity index (χ1v) is 5.56. The van der Waals surface area contributed by atoms with Crippen LogP contribution < -0.4 is 4.90 Å². The van der Waals surface area contributed by atoms with Gasteiger partial charge < -0.3 is 9.64 Å². The molecule has 0 amide bonds. The van der Waals surface area contributed by atoms with E-state index in [-0.39, 0.29) is 12.5 Å². The highest BCUT2D eigenvalue weighted by Crippen LogP contribution is 2.23. The van der Waals surface area contributed by atoms with Gasteiger partial charge in [-0.05, 0) is 19.9 Å². The molecule has 1 rings (SSSR count). The molecule has 88 valence electrons. The first-order valence-electron chi connectivity index (χ1n) is 5.19. The molecule has 0 aliphatic heterocycles. The summed E-state index contributed by atoms with van der Waals surface area (Å²) in [5.41, 5.74) is 0.798. The van der Waals surface area contributed by atoms with Crippen molar-refractivity contribution < 1.29 is 9.53 Å². The number of hydrogen-bond acceptors (Lipinski definition) is 4. The first kappa shape index (κ1) is 12.8. The third-order valence-corrected chi connectivity index (χ3v) is 2.39. The van der Waals surface area contributed by atoms with Crippen molar-refractivity contribution in [3.8, 4) is 0 Å². The van der Waals surface area contributed by atoms with Crippen molar-refractivity contribution in [1.82, 2.24) is 4.98 Å². The molecule has 0 saturated carbocycles. The SMILES string of the molecule is CCOC(=O)CN(CC)c1ccncc1Cl. The lowest BCUT2D eigenvalue weighted by atomic mass is 10.3. The van der Waals surface area contributed by atoms with Gasteiger partial charge in [-0.15, -0.1) is 0 Å². The van der Waals surface area contributed by atoms with Crippen LogP contribution in [0.5, 0.6) is 0 Å². The van der Waals surface area contributed by atoms with Crippen molar-refractivity contribution in [2.45, 2.75) is 13.8 Å². The minimum Gasteiger partial charge on any atom is -0.465 e. The van der Waals surface area contributed by atoms with Crippen LogP contribution in [-0.2, 0) is 9.53 Å². The molecule has 0 atom stereocenters. The van der Waals surface area contributed by atoms with Gasteiger partial charge in [-0.1, -0.05) is 11.6 Å². The molecule has 0 radical (unpaired) electrons. The van der Waals surface area contributed by atoms with E-state index in [0.29, 0.717) is 18.2 Å². The van der Waals surface area contributed by atoms with Gasteiger partial charge in [-0.2, -0.15) is 0 Å². The van der Waals surface area contributed by atoms with E-state index in [9.17, 15) is 4.79 Å². The number of hydrogen-bond donors (Lipinski definition) is 0. The molecule has 0 unspecified atom stereocenters. The summed E-state index contributed by atoms with van der Waals surface area (Å²) in [5.74, 6) is -0.253. The summed E-state index contributed by atoms with van der Waals surface area (Å²) in [6.07, 6.45) is 3.21. The van der Waals surface area contributed by atoms with E-state index in [4.69, 9.17) is 16.3 Å². The Morgan fingerprint density at radius 1 is 1.56 bits per heavy atom. The minimum atomic E-state index is -0.253. The number of carbonyl (C=O) groups is 1. The van der Waals surface area contributed by atoms with Crippen molar-refractivity contribution in [2.24, 2.45) is 0 Å². The zero-order valence-corrected chi connectivity index (χ0v) is 10.2. The van der Waals surface area contributed by atoms with Crippen LogP contribution in [0.15, 0.2) is 18.5 Å². The highest BCUT2D eigenvalue weighted by molar-refractivity contribution is 6.33. The van der Waals surface area contributed by atoms with Crippen LogP contribution in [0, 0.1) is 0 Å². The molecule has 16 heavy (non-hydrogen) atoms. The lowest BCUT2D eigenvalue weighted by Crippen LogP contribution is -2.31. The van der Waals surface area contributed by atoms with Crippen molar-refractivity contribution in [3.63, 3.8) is 0 Å². The summed E-state index contributed by atoms with van der Waals surface area (Å²) in [7, 11) is 0. The molecular weight excluding hydrogens is 228 g/mol. The molecule has 0 fully saturated rings. The fraction of sp³-hybridized carbons (Fsp3) is 0.455. The summed E-state index contributed by atoms with van der Waals surface area (Å²) >= 11 is 6.00. The number of aromatic nitrogens is 1. The zero-order valence-electron chi connectivity index (χ0n) is 9.44. The molecule has 4 nitrogen and oxygen atoms in total. The highest BCUT2D eigenvalue weighted by Gasteiger charge is 2.13. The van der Waals surface area contributed by atoms with E-state index < -0.39 is 0 Å². The van der Waals surface area contributed by atoms with E-state index in [0.717, 1.165) is 5.69 Å². The van der Waals surface area contributed by atoms with E-state index in [1.165, 1.54) is 0 Å². The summed E-state index contributed by atoms with van der Waals surface area (Å²) in [4.78, 5) is 17.1.